The van der Waals surface area contributed by atoms with E-state index in [0.29, 0.717) is 5.69 Å². The van der Waals surface area contributed by atoms with Crippen molar-refractivity contribution >= 4 is 17.3 Å². The van der Waals surface area contributed by atoms with E-state index in [1.165, 1.54) is 23.0 Å². The number of nitrogens with zero attached hydrogens (tertiary/aromatic N) is 5. The van der Waals surface area contributed by atoms with E-state index >= 15 is 0 Å². The monoisotopic (exact) mass is 239 g/mol. The summed E-state index contributed by atoms with van der Waals surface area (Å²) in [5.41, 5.74) is 0.467. The van der Waals surface area contributed by atoms with Crippen LogP contribution in [0.4, 0.5) is 5.69 Å². The topological polar surface area (TPSA) is 86.7 Å². The lowest BCUT2D eigenvalue weighted by Gasteiger charge is -2.01. The molecule has 8 heteroatoms. The zero-order chi connectivity index (χ0) is 11.7. The first-order chi connectivity index (χ1) is 7.59. The van der Waals surface area contributed by atoms with E-state index in [4.69, 9.17) is 11.6 Å². The molecule has 0 fully saturated rings. The molecule has 0 unspecified atom stereocenters. The second-order valence-corrected chi connectivity index (χ2v) is 3.39. The molecule has 0 saturated carbocycles. The maximum atomic E-state index is 10.8. The highest BCUT2D eigenvalue weighted by Crippen LogP contribution is 2.27. The molecule has 82 valence electrons. The molecule has 0 N–H and O–H groups in total. The summed E-state index contributed by atoms with van der Waals surface area (Å²) in [6.45, 7) is 0. The predicted octanol–water partition coefficient (Wildman–Crippen LogP) is 1.44. The van der Waals surface area contributed by atoms with Gasteiger partial charge in [-0.15, -0.1) is 5.10 Å². The Morgan fingerprint density at radius 3 is 2.81 bits per heavy atom. The summed E-state index contributed by atoms with van der Waals surface area (Å²) in [6, 6.07) is 2.67. The van der Waals surface area contributed by atoms with Crippen LogP contribution in [0.2, 0.25) is 5.15 Å². The van der Waals surface area contributed by atoms with Crippen molar-refractivity contribution < 1.29 is 4.92 Å². The zero-order valence-electron chi connectivity index (χ0n) is 8.16. The lowest BCUT2D eigenvalue weighted by Crippen LogP contribution is -2.00. The molecule has 2 aromatic rings. The third kappa shape index (κ3) is 1.72. The fourth-order valence-corrected chi connectivity index (χ4v) is 1.42. The smallest absolute Gasteiger partial charge is 0.258 e. The molecule has 0 saturated heterocycles. The Bertz CT molecular complexity index is 553. The quantitative estimate of drug-likeness (QED) is 0.450. The molecular weight excluding hydrogens is 234 g/mol. The molecule has 0 spiro atoms. The molecule has 0 aliphatic carbocycles. The van der Waals surface area contributed by atoms with E-state index in [9.17, 15) is 10.1 Å². The van der Waals surface area contributed by atoms with Crippen LogP contribution in [0.1, 0.15) is 0 Å². The molecule has 0 amide bonds. The second-order valence-electron chi connectivity index (χ2n) is 3.00. The van der Waals surface area contributed by atoms with Gasteiger partial charge in [0.1, 0.15) is 10.8 Å². The van der Waals surface area contributed by atoms with Crippen molar-refractivity contribution in [1.82, 2.24) is 20.0 Å². The van der Waals surface area contributed by atoms with Crippen molar-refractivity contribution in [1.29, 1.82) is 0 Å². The fourth-order valence-electron chi connectivity index (χ4n) is 1.27. The van der Waals surface area contributed by atoms with Gasteiger partial charge in [-0.3, -0.25) is 10.1 Å². The van der Waals surface area contributed by atoms with Crippen LogP contribution in [-0.2, 0) is 7.05 Å². The Kier molecular flexibility index (Phi) is 2.53. The minimum Gasteiger partial charge on any atom is -0.258 e. The maximum absolute atomic E-state index is 10.8. The Morgan fingerprint density at radius 1 is 1.50 bits per heavy atom. The van der Waals surface area contributed by atoms with Crippen LogP contribution in [-0.4, -0.2) is 24.9 Å². The number of aryl methyl sites for hydroxylation is 1. The molecule has 2 rings (SSSR count). The van der Waals surface area contributed by atoms with Gasteiger partial charge >= 0.3 is 0 Å². The van der Waals surface area contributed by atoms with E-state index in [0.717, 1.165) is 0 Å². The molecule has 0 radical (unpaired) electrons. The molecule has 0 bridgehead atoms. The zero-order valence-corrected chi connectivity index (χ0v) is 8.92. The SMILES string of the molecule is Cn1nncc1-c1nc(Cl)ccc1[N+](=O)[O-]. The van der Waals surface area contributed by atoms with Crippen LogP contribution >= 0.6 is 11.6 Å². The standard InChI is InChI=1S/C8H6ClN5O2/c1-13-6(4-10-12-13)8-5(14(15)16)2-3-7(9)11-8/h2-4H,1H3. The van der Waals surface area contributed by atoms with E-state index in [1.807, 2.05) is 0 Å². The number of rotatable bonds is 2. The van der Waals surface area contributed by atoms with Gasteiger partial charge in [-0.2, -0.15) is 0 Å². The molecule has 16 heavy (non-hydrogen) atoms. The van der Waals surface area contributed by atoms with E-state index in [1.54, 1.807) is 7.05 Å². The van der Waals surface area contributed by atoms with Crippen molar-refractivity contribution in [3.05, 3.63) is 33.6 Å². The summed E-state index contributed by atoms with van der Waals surface area (Å²) >= 11 is 5.71. The highest BCUT2D eigenvalue weighted by Gasteiger charge is 2.20. The van der Waals surface area contributed by atoms with Gasteiger partial charge in [-0.1, -0.05) is 16.8 Å². The summed E-state index contributed by atoms with van der Waals surface area (Å²) in [4.78, 5) is 14.2. The van der Waals surface area contributed by atoms with Crippen LogP contribution < -0.4 is 0 Å². The number of nitro groups is 1. The number of aromatic nitrogens is 4. The van der Waals surface area contributed by atoms with Gasteiger partial charge in [0.25, 0.3) is 5.69 Å². The summed E-state index contributed by atoms with van der Waals surface area (Å²) in [5, 5.41) is 18.3. The van der Waals surface area contributed by atoms with E-state index in [-0.39, 0.29) is 16.5 Å². The van der Waals surface area contributed by atoms with Crippen molar-refractivity contribution in [2.45, 2.75) is 0 Å². The van der Waals surface area contributed by atoms with Gasteiger partial charge in [0.15, 0.2) is 5.69 Å². The Balaban J connectivity index is 2.67. The molecule has 0 aromatic carbocycles. The normalized spacial score (nSPS) is 10.4. The van der Waals surface area contributed by atoms with Crippen LogP contribution in [0.15, 0.2) is 18.3 Å². The lowest BCUT2D eigenvalue weighted by molar-refractivity contribution is -0.384. The van der Waals surface area contributed by atoms with Crippen molar-refractivity contribution in [3.8, 4) is 11.4 Å². The van der Waals surface area contributed by atoms with Crippen molar-refractivity contribution in [2.75, 3.05) is 0 Å². The lowest BCUT2D eigenvalue weighted by atomic mass is 10.2. The minimum absolute atomic E-state index is 0.130. The van der Waals surface area contributed by atoms with Crippen LogP contribution in [0.3, 0.4) is 0 Å². The van der Waals surface area contributed by atoms with E-state index < -0.39 is 4.92 Å². The van der Waals surface area contributed by atoms with E-state index in [2.05, 4.69) is 15.3 Å². The number of hydrogen-bond donors (Lipinski definition) is 0. The average Bonchev–Trinajstić information content (AvgIpc) is 2.63. The summed E-state index contributed by atoms with van der Waals surface area (Å²) < 4.78 is 1.39. The fraction of sp³-hybridized carbons (Fsp3) is 0.125. The molecule has 2 aromatic heterocycles. The first-order valence-electron chi connectivity index (χ1n) is 4.25. The van der Waals surface area contributed by atoms with Crippen LogP contribution in [0, 0.1) is 10.1 Å². The van der Waals surface area contributed by atoms with Gasteiger partial charge in [-0.05, 0) is 6.07 Å². The summed E-state index contributed by atoms with van der Waals surface area (Å²) in [7, 11) is 1.62. The highest BCUT2D eigenvalue weighted by molar-refractivity contribution is 6.29. The molecule has 2 heterocycles. The van der Waals surface area contributed by atoms with Gasteiger partial charge in [0, 0.05) is 13.1 Å². The predicted molar refractivity (Wildman–Crippen MR) is 55.9 cm³/mol. The molecule has 0 atom stereocenters. The van der Waals surface area contributed by atoms with Gasteiger partial charge in [0.2, 0.25) is 0 Å². The van der Waals surface area contributed by atoms with Crippen LogP contribution in [0.25, 0.3) is 11.4 Å². The average molecular weight is 240 g/mol. The van der Waals surface area contributed by atoms with Gasteiger partial charge < -0.3 is 0 Å². The Labute approximate surface area is 94.8 Å². The highest BCUT2D eigenvalue weighted by atomic mass is 35.5. The molecular formula is C8H6ClN5O2. The second kappa shape index (κ2) is 3.86. The molecule has 0 aliphatic heterocycles. The Hall–Kier alpha value is -2.02. The summed E-state index contributed by atoms with van der Waals surface area (Å²) in [5.74, 6) is 0. The van der Waals surface area contributed by atoms with Gasteiger partial charge in [-0.25, -0.2) is 9.67 Å². The minimum atomic E-state index is -0.522. The van der Waals surface area contributed by atoms with Crippen molar-refractivity contribution in [3.63, 3.8) is 0 Å². The van der Waals surface area contributed by atoms with Crippen molar-refractivity contribution in [2.24, 2.45) is 7.05 Å². The van der Waals surface area contributed by atoms with Gasteiger partial charge in [0.05, 0.1) is 11.1 Å². The first kappa shape index (κ1) is 10.5. The number of hydrogen-bond acceptors (Lipinski definition) is 5. The third-order valence-electron chi connectivity index (χ3n) is 1.99. The first-order valence-corrected chi connectivity index (χ1v) is 4.63. The summed E-state index contributed by atoms with van der Waals surface area (Å²) in [6.07, 6.45) is 1.39. The number of pyridine rings is 1. The maximum Gasteiger partial charge on any atom is 0.297 e. The molecule has 0 aliphatic rings. The van der Waals surface area contributed by atoms with Crippen LogP contribution in [0.5, 0.6) is 0 Å². The largest absolute Gasteiger partial charge is 0.297 e. The third-order valence-corrected chi connectivity index (χ3v) is 2.20. The molecule has 7 nitrogen and oxygen atoms in total. The Morgan fingerprint density at radius 2 is 2.25 bits per heavy atom. The number of halogens is 1.